The number of benzene rings is 1. The fraction of sp³-hybridized carbons (Fsp3) is 0.308. The highest BCUT2D eigenvalue weighted by molar-refractivity contribution is 9.10. The zero-order chi connectivity index (χ0) is 13.0. The highest BCUT2D eigenvalue weighted by Crippen LogP contribution is 2.33. The average molecular weight is 327 g/mol. The summed E-state index contributed by atoms with van der Waals surface area (Å²) in [6.45, 7) is 0.947. The fourth-order valence-electron chi connectivity index (χ4n) is 1.66. The van der Waals surface area contributed by atoms with E-state index in [0.29, 0.717) is 0 Å². The molecule has 0 bridgehead atoms. The van der Waals surface area contributed by atoms with E-state index in [9.17, 15) is 0 Å². The smallest absolute Gasteiger partial charge is 0.128 e. The molecule has 0 radical (unpaired) electrons. The summed E-state index contributed by atoms with van der Waals surface area (Å²) >= 11 is 5.17. The second-order valence-electron chi connectivity index (χ2n) is 3.82. The van der Waals surface area contributed by atoms with Gasteiger partial charge in [0.05, 0.1) is 17.8 Å². The van der Waals surface area contributed by atoms with Gasteiger partial charge in [-0.3, -0.25) is 0 Å². The third-order valence-corrected chi connectivity index (χ3v) is 3.98. The highest BCUT2D eigenvalue weighted by atomic mass is 79.9. The fourth-order valence-corrected chi connectivity index (χ4v) is 2.82. The zero-order valence-electron chi connectivity index (χ0n) is 10.4. The quantitative estimate of drug-likeness (QED) is 0.915. The van der Waals surface area contributed by atoms with Crippen LogP contribution in [0.2, 0.25) is 0 Å². The summed E-state index contributed by atoms with van der Waals surface area (Å²) < 4.78 is 6.41. The molecular weight excluding hydrogens is 312 g/mol. The Hall–Kier alpha value is -0.910. The predicted octanol–water partition coefficient (Wildman–Crippen LogP) is 3.34. The molecule has 0 amide bonds. The number of nitrogens with one attached hydrogen (secondary N) is 1. The molecule has 5 heteroatoms. The van der Waals surface area contributed by atoms with Crippen LogP contribution in [0.4, 0.5) is 0 Å². The van der Waals surface area contributed by atoms with Crippen molar-refractivity contribution in [1.29, 1.82) is 0 Å². The zero-order valence-corrected chi connectivity index (χ0v) is 12.8. The Bertz CT molecular complexity index is 527. The van der Waals surface area contributed by atoms with Crippen LogP contribution in [0.25, 0.3) is 11.3 Å². The molecule has 0 saturated heterocycles. The lowest BCUT2D eigenvalue weighted by atomic mass is 10.1. The Morgan fingerprint density at radius 3 is 3.00 bits per heavy atom. The van der Waals surface area contributed by atoms with Gasteiger partial charge in [-0.25, -0.2) is 4.98 Å². The molecule has 0 spiro atoms. The van der Waals surface area contributed by atoms with Gasteiger partial charge in [-0.1, -0.05) is 15.9 Å². The average Bonchev–Trinajstić information content (AvgIpc) is 2.85. The van der Waals surface area contributed by atoms with E-state index in [2.05, 4.69) is 31.6 Å². The molecule has 0 aliphatic heterocycles. The number of hydrogen-bond acceptors (Lipinski definition) is 4. The van der Waals surface area contributed by atoms with Crippen molar-refractivity contribution in [2.24, 2.45) is 0 Å². The number of hydrogen-bond donors (Lipinski definition) is 1. The molecular formula is C13H15BrN2OS. The van der Waals surface area contributed by atoms with Crippen LogP contribution < -0.4 is 10.1 Å². The number of nitrogens with zero attached hydrogens (tertiary/aromatic N) is 1. The van der Waals surface area contributed by atoms with E-state index >= 15 is 0 Å². The Morgan fingerprint density at radius 2 is 2.28 bits per heavy atom. The van der Waals surface area contributed by atoms with Gasteiger partial charge in [0.2, 0.25) is 0 Å². The molecule has 0 atom stereocenters. The second kappa shape index (κ2) is 6.31. The van der Waals surface area contributed by atoms with Crippen LogP contribution in [-0.4, -0.2) is 25.7 Å². The number of thiazole rings is 1. The van der Waals surface area contributed by atoms with Crippen LogP contribution in [0.3, 0.4) is 0 Å². The summed E-state index contributed by atoms with van der Waals surface area (Å²) in [7, 11) is 3.63. The van der Waals surface area contributed by atoms with Crippen LogP contribution in [0.1, 0.15) is 5.01 Å². The number of likely N-dealkylation sites (N-methyl/N-ethyl adjacent to an activating group) is 1. The number of halogens is 1. The molecule has 2 aromatic rings. The minimum absolute atomic E-state index is 0.851. The lowest BCUT2D eigenvalue weighted by Gasteiger charge is -2.06. The standard InChI is InChI=1S/C13H15BrN2OS/c1-15-6-5-13-16-11(8-18-13)10-7-9(14)3-4-12(10)17-2/h3-4,7-8,15H,5-6H2,1-2H3. The first-order valence-corrected chi connectivity index (χ1v) is 7.34. The Kier molecular flexibility index (Phi) is 4.74. The lowest BCUT2D eigenvalue weighted by molar-refractivity contribution is 0.416. The van der Waals surface area contributed by atoms with Crippen LogP contribution in [0.15, 0.2) is 28.1 Å². The van der Waals surface area contributed by atoms with E-state index in [1.54, 1.807) is 18.4 Å². The molecule has 0 saturated carbocycles. The van der Waals surface area contributed by atoms with E-state index in [4.69, 9.17) is 4.74 Å². The van der Waals surface area contributed by atoms with Crippen molar-refractivity contribution < 1.29 is 4.74 Å². The SMILES string of the molecule is CNCCc1nc(-c2cc(Br)ccc2OC)cs1. The first kappa shape index (κ1) is 13.5. The molecule has 0 aliphatic rings. The van der Waals surface area contributed by atoms with Gasteiger partial charge in [-0.05, 0) is 25.2 Å². The van der Waals surface area contributed by atoms with Gasteiger partial charge in [-0.2, -0.15) is 0 Å². The van der Waals surface area contributed by atoms with Gasteiger partial charge in [0.1, 0.15) is 5.75 Å². The summed E-state index contributed by atoms with van der Waals surface area (Å²) in [5.74, 6) is 0.851. The first-order valence-electron chi connectivity index (χ1n) is 5.67. The van der Waals surface area contributed by atoms with E-state index in [1.807, 2.05) is 25.2 Å². The van der Waals surface area contributed by atoms with Gasteiger partial charge in [0.25, 0.3) is 0 Å². The largest absolute Gasteiger partial charge is 0.496 e. The van der Waals surface area contributed by atoms with Crippen molar-refractivity contribution >= 4 is 27.3 Å². The Labute approximate surface area is 119 Å². The van der Waals surface area contributed by atoms with Crippen molar-refractivity contribution in [2.45, 2.75) is 6.42 Å². The molecule has 0 unspecified atom stereocenters. The molecule has 3 nitrogen and oxygen atoms in total. The van der Waals surface area contributed by atoms with E-state index < -0.39 is 0 Å². The maximum Gasteiger partial charge on any atom is 0.128 e. The van der Waals surface area contributed by atoms with E-state index in [0.717, 1.165) is 39.5 Å². The van der Waals surface area contributed by atoms with Gasteiger partial charge >= 0.3 is 0 Å². The monoisotopic (exact) mass is 326 g/mol. The number of rotatable bonds is 5. The third kappa shape index (κ3) is 3.10. The predicted molar refractivity (Wildman–Crippen MR) is 79.4 cm³/mol. The summed E-state index contributed by atoms with van der Waals surface area (Å²) in [6, 6.07) is 5.96. The van der Waals surface area contributed by atoms with E-state index in [1.165, 1.54) is 0 Å². The summed E-state index contributed by atoms with van der Waals surface area (Å²) in [5.41, 5.74) is 2.00. The molecule has 0 aliphatic carbocycles. The molecule has 1 N–H and O–H groups in total. The Balaban J connectivity index is 2.30. The lowest BCUT2D eigenvalue weighted by Crippen LogP contribution is -2.09. The molecule has 18 heavy (non-hydrogen) atoms. The van der Waals surface area contributed by atoms with Crippen molar-refractivity contribution in [2.75, 3.05) is 20.7 Å². The Morgan fingerprint density at radius 1 is 1.44 bits per heavy atom. The number of methoxy groups -OCH3 is 1. The molecule has 96 valence electrons. The van der Waals surface area contributed by atoms with Gasteiger partial charge in [0.15, 0.2) is 0 Å². The van der Waals surface area contributed by atoms with Crippen molar-refractivity contribution in [3.63, 3.8) is 0 Å². The molecule has 1 aromatic carbocycles. The molecule has 2 rings (SSSR count). The summed E-state index contributed by atoms with van der Waals surface area (Å²) in [6.07, 6.45) is 0.956. The van der Waals surface area contributed by atoms with Crippen LogP contribution in [-0.2, 0) is 6.42 Å². The van der Waals surface area contributed by atoms with Crippen LogP contribution in [0, 0.1) is 0 Å². The maximum absolute atomic E-state index is 5.38. The summed E-state index contributed by atoms with van der Waals surface area (Å²) in [5, 5.41) is 6.35. The van der Waals surface area contributed by atoms with Crippen molar-refractivity contribution in [3.8, 4) is 17.0 Å². The van der Waals surface area contributed by atoms with Gasteiger partial charge < -0.3 is 10.1 Å². The molecule has 1 aromatic heterocycles. The summed E-state index contributed by atoms with van der Waals surface area (Å²) in [4.78, 5) is 4.65. The van der Waals surface area contributed by atoms with Crippen molar-refractivity contribution in [1.82, 2.24) is 10.3 Å². The van der Waals surface area contributed by atoms with Gasteiger partial charge in [-0.15, -0.1) is 11.3 Å². The maximum atomic E-state index is 5.38. The topological polar surface area (TPSA) is 34.2 Å². The molecule has 0 fully saturated rings. The minimum Gasteiger partial charge on any atom is -0.496 e. The highest BCUT2D eigenvalue weighted by Gasteiger charge is 2.10. The van der Waals surface area contributed by atoms with Crippen molar-refractivity contribution in [3.05, 3.63) is 33.1 Å². The second-order valence-corrected chi connectivity index (χ2v) is 5.68. The first-order chi connectivity index (χ1) is 8.74. The third-order valence-electron chi connectivity index (χ3n) is 2.58. The van der Waals surface area contributed by atoms with E-state index in [-0.39, 0.29) is 0 Å². The normalized spacial score (nSPS) is 10.6. The van der Waals surface area contributed by atoms with Gasteiger partial charge in [0, 0.05) is 28.4 Å². The van der Waals surface area contributed by atoms with Crippen LogP contribution in [0.5, 0.6) is 5.75 Å². The molecule has 1 heterocycles. The minimum atomic E-state index is 0.851. The number of aromatic nitrogens is 1. The number of ether oxygens (including phenoxy) is 1. The van der Waals surface area contributed by atoms with Crippen LogP contribution >= 0.6 is 27.3 Å².